The molecule has 1 saturated carbocycles. The van der Waals surface area contributed by atoms with Crippen LogP contribution < -0.4 is 5.32 Å². The Kier molecular flexibility index (Phi) is 4.14. The van der Waals surface area contributed by atoms with Gasteiger partial charge in [-0.2, -0.15) is 0 Å². The van der Waals surface area contributed by atoms with Crippen LogP contribution in [0.25, 0.3) is 0 Å². The topological polar surface area (TPSA) is 21.3 Å². The molecular weight excluding hydrogens is 210 g/mol. The molecule has 0 aromatic carbocycles. The molecule has 1 aliphatic heterocycles. The van der Waals surface area contributed by atoms with Gasteiger partial charge < -0.3 is 10.1 Å². The van der Waals surface area contributed by atoms with Crippen molar-refractivity contribution in [1.29, 1.82) is 0 Å². The minimum absolute atomic E-state index is 0.403. The highest BCUT2D eigenvalue weighted by Crippen LogP contribution is 2.51. The molecule has 100 valence electrons. The summed E-state index contributed by atoms with van der Waals surface area (Å²) < 4.78 is 6.11. The average Bonchev–Trinajstić information content (AvgIpc) is 3.06. The van der Waals surface area contributed by atoms with E-state index in [1.165, 1.54) is 25.7 Å². The Balaban J connectivity index is 2.10. The molecule has 2 fully saturated rings. The third-order valence-corrected chi connectivity index (χ3v) is 4.91. The number of hydrogen-bond donors (Lipinski definition) is 1. The minimum atomic E-state index is 0.403. The second-order valence-corrected chi connectivity index (χ2v) is 6.46. The monoisotopic (exact) mass is 239 g/mol. The van der Waals surface area contributed by atoms with Gasteiger partial charge in [-0.05, 0) is 31.1 Å². The van der Waals surface area contributed by atoms with Crippen LogP contribution >= 0.6 is 0 Å². The number of ether oxygens (including phenoxy) is 1. The third-order valence-electron chi connectivity index (χ3n) is 4.91. The first-order valence-corrected chi connectivity index (χ1v) is 7.45. The maximum absolute atomic E-state index is 6.11. The number of nitrogens with one attached hydrogen (secondary N) is 1. The van der Waals surface area contributed by atoms with Gasteiger partial charge >= 0.3 is 0 Å². The van der Waals surface area contributed by atoms with Crippen molar-refractivity contribution in [2.75, 3.05) is 13.2 Å². The van der Waals surface area contributed by atoms with Crippen LogP contribution in [0.4, 0.5) is 0 Å². The van der Waals surface area contributed by atoms with Crippen LogP contribution in [-0.4, -0.2) is 25.3 Å². The average molecular weight is 239 g/mol. The summed E-state index contributed by atoms with van der Waals surface area (Å²) in [4.78, 5) is 0. The molecule has 0 radical (unpaired) electrons. The van der Waals surface area contributed by atoms with E-state index in [4.69, 9.17) is 4.74 Å². The Labute approximate surface area is 107 Å². The lowest BCUT2D eigenvalue weighted by Crippen LogP contribution is -2.47. The van der Waals surface area contributed by atoms with Gasteiger partial charge in [-0.25, -0.2) is 0 Å². The van der Waals surface area contributed by atoms with Crippen LogP contribution in [0.5, 0.6) is 0 Å². The Morgan fingerprint density at radius 3 is 2.53 bits per heavy atom. The highest BCUT2D eigenvalue weighted by molar-refractivity contribution is 5.02. The molecule has 2 aliphatic rings. The minimum Gasteiger partial charge on any atom is -0.377 e. The van der Waals surface area contributed by atoms with E-state index in [1.807, 2.05) is 0 Å². The van der Waals surface area contributed by atoms with E-state index >= 15 is 0 Å². The van der Waals surface area contributed by atoms with Crippen LogP contribution in [0, 0.1) is 17.3 Å². The van der Waals surface area contributed by atoms with Gasteiger partial charge in [-0.1, -0.05) is 34.1 Å². The van der Waals surface area contributed by atoms with Crippen LogP contribution in [0.15, 0.2) is 0 Å². The lowest BCUT2D eigenvalue weighted by Gasteiger charge is -2.40. The molecule has 0 aromatic rings. The first-order chi connectivity index (χ1) is 8.10. The molecule has 3 atom stereocenters. The fraction of sp³-hybridized carbons (Fsp3) is 1.00. The molecule has 0 amide bonds. The maximum atomic E-state index is 6.11. The van der Waals surface area contributed by atoms with Crippen molar-refractivity contribution in [3.63, 3.8) is 0 Å². The SMILES string of the molecule is CCC(C)C1(CNC(C)C)CCOC1C1CC1. The lowest BCUT2D eigenvalue weighted by molar-refractivity contribution is 0.00148. The number of rotatable bonds is 6. The molecule has 0 bridgehead atoms. The van der Waals surface area contributed by atoms with E-state index in [1.54, 1.807) is 0 Å². The number of hydrogen-bond acceptors (Lipinski definition) is 2. The van der Waals surface area contributed by atoms with Crippen molar-refractivity contribution in [3.8, 4) is 0 Å². The highest BCUT2D eigenvalue weighted by Gasteiger charge is 2.52. The zero-order valence-electron chi connectivity index (χ0n) is 12.0. The van der Waals surface area contributed by atoms with E-state index in [0.29, 0.717) is 17.6 Å². The Morgan fingerprint density at radius 2 is 2.00 bits per heavy atom. The summed E-state index contributed by atoms with van der Waals surface area (Å²) in [5.41, 5.74) is 0.403. The van der Waals surface area contributed by atoms with Gasteiger partial charge in [-0.15, -0.1) is 0 Å². The molecule has 1 saturated heterocycles. The van der Waals surface area contributed by atoms with Gasteiger partial charge in [0.15, 0.2) is 0 Å². The van der Waals surface area contributed by atoms with Crippen molar-refractivity contribution >= 4 is 0 Å². The second-order valence-electron chi connectivity index (χ2n) is 6.46. The van der Waals surface area contributed by atoms with Crippen molar-refractivity contribution in [1.82, 2.24) is 5.32 Å². The molecule has 1 aliphatic carbocycles. The fourth-order valence-corrected chi connectivity index (χ4v) is 3.38. The molecule has 1 heterocycles. The smallest absolute Gasteiger partial charge is 0.0674 e. The van der Waals surface area contributed by atoms with Crippen molar-refractivity contribution in [3.05, 3.63) is 0 Å². The largest absolute Gasteiger partial charge is 0.377 e. The van der Waals surface area contributed by atoms with Crippen LogP contribution in [0.1, 0.15) is 53.4 Å². The molecule has 1 N–H and O–H groups in total. The van der Waals surface area contributed by atoms with Gasteiger partial charge in [0, 0.05) is 24.6 Å². The van der Waals surface area contributed by atoms with Crippen molar-refractivity contribution in [2.24, 2.45) is 17.3 Å². The Morgan fingerprint density at radius 1 is 1.29 bits per heavy atom. The third kappa shape index (κ3) is 2.68. The standard InChI is InChI=1S/C15H29NO/c1-5-12(4)15(10-16-11(2)3)8-9-17-14(15)13-6-7-13/h11-14,16H,5-10H2,1-4H3. The van der Waals surface area contributed by atoms with Crippen LogP contribution in [0.2, 0.25) is 0 Å². The molecule has 3 unspecified atom stereocenters. The highest BCUT2D eigenvalue weighted by atomic mass is 16.5. The molecule has 2 heteroatoms. The zero-order valence-corrected chi connectivity index (χ0v) is 12.0. The van der Waals surface area contributed by atoms with E-state index < -0.39 is 0 Å². The Bertz CT molecular complexity index is 249. The second kappa shape index (κ2) is 5.27. The van der Waals surface area contributed by atoms with E-state index in [9.17, 15) is 0 Å². The summed E-state index contributed by atoms with van der Waals surface area (Å²) in [6, 6.07) is 0.580. The summed E-state index contributed by atoms with van der Waals surface area (Å²) in [6.07, 6.45) is 5.84. The Hall–Kier alpha value is -0.0800. The summed E-state index contributed by atoms with van der Waals surface area (Å²) in [7, 11) is 0. The molecule has 0 aromatic heterocycles. The van der Waals surface area contributed by atoms with Gasteiger partial charge in [0.25, 0.3) is 0 Å². The van der Waals surface area contributed by atoms with Crippen molar-refractivity contribution < 1.29 is 4.74 Å². The van der Waals surface area contributed by atoms with Crippen molar-refractivity contribution in [2.45, 2.75) is 65.5 Å². The quantitative estimate of drug-likeness (QED) is 0.768. The normalized spacial score (nSPS) is 35.5. The summed E-state index contributed by atoms with van der Waals surface area (Å²) in [5, 5.41) is 3.68. The van der Waals surface area contributed by atoms with Gasteiger partial charge in [0.1, 0.15) is 0 Å². The van der Waals surface area contributed by atoms with E-state index in [-0.39, 0.29) is 0 Å². The predicted octanol–water partition coefficient (Wildman–Crippen LogP) is 3.22. The molecular formula is C15H29NO. The van der Waals surface area contributed by atoms with E-state index in [0.717, 1.165) is 25.0 Å². The lowest BCUT2D eigenvalue weighted by atomic mass is 9.68. The predicted molar refractivity (Wildman–Crippen MR) is 72.1 cm³/mol. The fourth-order valence-electron chi connectivity index (χ4n) is 3.38. The first kappa shape index (κ1) is 13.4. The maximum Gasteiger partial charge on any atom is 0.0674 e. The molecule has 0 spiro atoms. The summed E-state index contributed by atoms with van der Waals surface area (Å²) in [5.74, 6) is 1.63. The first-order valence-electron chi connectivity index (χ1n) is 7.45. The zero-order chi connectivity index (χ0) is 12.5. The van der Waals surface area contributed by atoms with Gasteiger partial charge in [0.05, 0.1) is 6.10 Å². The van der Waals surface area contributed by atoms with Gasteiger partial charge in [-0.3, -0.25) is 0 Å². The summed E-state index contributed by atoms with van der Waals surface area (Å²) in [6.45, 7) is 11.3. The molecule has 2 rings (SSSR count). The molecule has 17 heavy (non-hydrogen) atoms. The van der Waals surface area contributed by atoms with E-state index in [2.05, 4.69) is 33.0 Å². The van der Waals surface area contributed by atoms with Crippen LogP contribution in [-0.2, 0) is 4.74 Å². The summed E-state index contributed by atoms with van der Waals surface area (Å²) >= 11 is 0. The van der Waals surface area contributed by atoms with Gasteiger partial charge in [0.2, 0.25) is 0 Å². The molecule has 2 nitrogen and oxygen atoms in total. The van der Waals surface area contributed by atoms with Crippen LogP contribution in [0.3, 0.4) is 0 Å².